The van der Waals surface area contributed by atoms with E-state index >= 15 is 0 Å². The van der Waals surface area contributed by atoms with Gasteiger partial charge in [-0.15, -0.1) is 0 Å². The van der Waals surface area contributed by atoms with E-state index in [0.29, 0.717) is 23.1 Å². The number of nitrogens with zero attached hydrogens (tertiary/aromatic N) is 3. The molecule has 1 aromatic rings. The lowest BCUT2D eigenvalue weighted by atomic mass is 10.1. The Kier molecular flexibility index (Phi) is 5.50. The molecular weight excluding hydrogens is 238 g/mol. The van der Waals surface area contributed by atoms with Gasteiger partial charge in [0.15, 0.2) is 0 Å². The van der Waals surface area contributed by atoms with Crippen LogP contribution in [0.25, 0.3) is 0 Å². The standard InChI is InChI=1S/C15H21N3O/c1-11(2)9-18(10-12(3)4)15(19)14-6-5-13(7-16)8-17-14/h5-6,8,11-12H,9-10H2,1-4H3. The van der Waals surface area contributed by atoms with E-state index in [4.69, 9.17) is 5.26 Å². The van der Waals surface area contributed by atoms with Gasteiger partial charge in [0.2, 0.25) is 0 Å². The maximum atomic E-state index is 12.4. The van der Waals surface area contributed by atoms with Gasteiger partial charge in [-0.25, -0.2) is 4.98 Å². The van der Waals surface area contributed by atoms with Crippen LogP contribution in [-0.2, 0) is 0 Å². The molecular formula is C15H21N3O. The quantitative estimate of drug-likeness (QED) is 0.817. The van der Waals surface area contributed by atoms with Gasteiger partial charge in [-0.2, -0.15) is 5.26 Å². The van der Waals surface area contributed by atoms with Crippen molar-refractivity contribution in [2.24, 2.45) is 11.8 Å². The van der Waals surface area contributed by atoms with Gasteiger partial charge in [0.25, 0.3) is 5.91 Å². The summed E-state index contributed by atoms with van der Waals surface area (Å²) >= 11 is 0. The lowest BCUT2D eigenvalue weighted by Gasteiger charge is -2.26. The highest BCUT2D eigenvalue weighted by Gasteiger charge is 2.18. The third-order valence-corrected chi connectivity index (χ3v) is 2.57. The van der Waals surface area contributed by atoms with Crippen LogP contribution in [0.3, 0.4) is 0 Å². The third kappa shape index (κ3) is 4.70. The maximum absolute atomic E-state index is 12.4. The monoisotopic (exact) mass is 259 g/mol. The molecule has 0 N–H and O–H groups in total. The summed E-state index contributed by atoms with van der Waals surface area (Å²) in [4.78, 5) is 18.3. The molecule has 19 heavy (non-hydrogen) atoms. The normalized spacial score (nSPS) is 10.6. The topological polar surface area (TPSA) is 57.0 Å². The average molecular weight is 259 g/mol. The van der Waals surface area contributed by atoms with Crippen LogP contribution in [0.1, 0.15) is 43.7 Å². The van der Waals surface area contributed by atoms with E-state index in [1.807, 2.05) is 11.0 Å². The molecule has 0 radical (unpaired) electrons. The zero-order chi connectivity index (χ0) is 14.4. The van der Waals surface area contributed by atoms with Crippen LogP contribution in [0.2, 0.25) is 0 Å². The second-order valence-corrected chi connectivity index (χ2v) is 5.54. The highest BCUT2D eigenvalue weighted by atomic mass is 16.2. The van der Waals surface area contributed by atoms with Crippen molar-refractivity contribution in [2.45, 2.75) is 27.7 Å². The number of rotatable bonds is 5. The number of hydrogen-bond acceptors (Lipinski definition) is 3. The molecule has 0 aromatic carbocycles. The number of carbonyl (C=O) groups is 1. The molecule has 1 heterocycles. The molecule has 1 aromatic heterocycles. The van der Waals surface area contributed by atoms with Crippen molar-refractivity contribution in [3.63, 3.8) is 0 Å². The molecule has 1 amide bonds. The molecule has 1 rings (SSSR count). The van der Waals surface area contributed by atoms with Crippen molar-refractivity contribution in [3.8, 4) is 6.07 Å². The van der Waals surface area contributed by atoms with Crippen LogP contribution in [0.5, 0.6) is 0 Å². The van der Waals surface area contributed by atoms with Gasteiger partial charge >= 0.3 is 0 Å². The molecule has 0 aliphatic carbocycles. The van der Waals surface area contributed by atoms with E-state index < -0.39 is 0 Å². The minimum atomic E-state index is -0.0631. The van der Waals surface area contributed by atoms with Crippen LogP contribution in [0, 0.1) is 23.2 Å². The van der Waals surface area contributed by atoms with E-state index in [1.54, 1.807) is 12.1 Å². The van der Waals surface area contributed by atoms with Crippen molar-refractivity contribution < 1.29 is 4.79 Å². The van der Waals surface area contributed by atoms with Gasteiger partial charge < -0.3 is 4.90 Å². The Morgan fingerprint density at radius 1 is 1.26 bits per heavy atom. The summed E-state index contributed by atoms with van der Waals surface area (Å²) in [5.74, 6) is 0.772. The summed E-state index contributed by atoms with van der Waals surface area (Å²) in [6, 6.07) is 5.25. The lowest BCUT2D eigenvalue weighted by Crippen LogP contribution is -2.37. The predicted octanol–water partition coefficient (Wildman–Crippen LogP) is 2.71. The molecule has 0 saturated carbocycles. The zero-order valence-corrected chi connectivity index (χ0v) is 12.1. The van der Waals surface area contributed by atoms with Crippen molar-refractivity contribution in [1.82, 2.24) is 9.88 Å². The van der Waals surface area contributed by atoms with Crippen molar-refractivity contribution in [2.75, 3.05) is 13.1 Å². The fraction of sp³-hybridized carbons (Fsp3) is 0.533. The molecule has 0 bridgehead atoms. The summed E-state index contributed by atoms with van der Waals surface area (Å²) in [6.07, 6.45) is 1.44. The molecule has 0 fully saturated rings. The highest BCUT2D eigenvalue weighted by molar-refractivity contribution is 5.92. The molecule has 102 valence electrons. The van der Waals surface area contributed by atoms with Gasteiger partial charge in [-0.05, 0) is 24.0 Å². The largest absolute Gasteiger partial charge is 0.337 e. The molecule has 0 aliphatic rings. The molecule has 0 saturated heterocycles. The van der Waals surface area contributed by atoms with Crippen LogP contribution in [0.4, 0.5) is 0 Å². The Hall–Kier alpha value is -1.89. The fourth-order valence-electron chi connectivity index (χ4n) is 1.87. The molecule has 0 spiro atoms. The van der Waals surface area contributed by atoms with E-state index in [9.17, 15) is 4.79 Å². The second-order valence-electron chi connectivity index (χ2n) is 5.54. The lowest BCUT2D eigenvalue weighted by molar-refractivity contribution is 0.0709. The van der Waals surface area contributed by atoms with Gasteiger partial charge in [0, 0.05) is 19.3 Å². The smallest absolute Gasteiger partial charge is 0.272 e. The van der Waals surface area contributed by atoms with Gasteiger partial charge in [-0.3, -0.25) is 4.79 Å². The number of amides is 1. The van der Waals surface area contributed by atoms with Gasteiger partial charge in [0.1, 0.15) is 11.8 Å². The number of pyridine rings is 1. The van der Waals surface area contributed by atoms with E-state index in [2.05, 4.69) is 32.7 Å². The SMILES string of the molecule is CC(C)CN(CC(C)C)C(=O)c1ccc(C#N)cn1. The zero-order valence-electron chi connectivity index (χ0n) is 12.1. The third-order valence-electron chi connectivity index (χ3n) is 2.57. The summed E-state index contributed by atoms with van der Waals surface area (Å²) < 4.78 is 0. The van der Waals surface area contributed by atoms with E-state index in [1.165, 1.54) is 6.20 Å². The first-order valence-electron chi connectivity index (χ1n) is 6.59. The van der Waals surface area contributed by atoms with Crippen LogP contribution < -0.4 is 0 Å². The number of nitriles is 1. The number of hydrogen-bond donors (Lipinski definition) is 0. The Morgan fingerprint density at radius 2 is 1.84 bits per heavy atom. The van der Waals surface area contributed by atoms with Crippen molar-refractivity contribution in [1.29, 1.82) is 5.26 Å². The van der Waals surface area contributed by atoms with Crippen molar-refractivity contribution >= 4 is 5.91 Å². The summed E-state index contributed by atoms with van der Waals surface area (Å²) in [5.41, 5.74) is 0.871. The van der Waals surface area contributed by atoms with E-state index in [0.717, 1.165) is 13.1 Å². The van der Waals surface area contributed by atoms with Crippen molar-refractivity contribution in [3.05, 3.63) is 29.6 Å². The first-order valence-corrected chi connectivity index (χ1v) is 6.59. The minimum Gasteiger partial charge on any atom is -0.337 e. The molecule has 4 nitrogen and oxygen atoms in total. The second kappa shape index (κ2) is 6.89. The molecule has 4 heteroatoms. The molecule has 0 unspecified atom stereocenters. The van der Waals surface area contributed by atoms with Crippen LogP contribution >= 0.6 is 0 Å². The highest BCUT2D eigenvalue weighted by Crippen LogP contribution is 2.09. The first-order chi connectivity index (χ1) is 8.93. The number of aromatic nitrogens is 1. The number of carbonyl (C=O) groups excluding carboxylic acids is 1. The maximum Gasteiger partial charge on any atom is 0.272 e. The van der Waals surface area contributed by atoms with Gasteiger partial charge in [0.05, 0.1) is 5.56 Å². The Labute approximate surface area is 115 Å². The first kappa shape index (κ1) is 15.2. The molecule has 0 atom stereocenters. The Bertz CT molecular complexity index is 447. The van der Waals surface area contributed by atoms with Crippen LogP contribution in [0.15, 0.2) is 18.3 Å². The summed E-state index contributed by atoms with van der Waals surface area (Å²) in [5, 5.41) is 8.73. The fourth-order valence-corrected chi connectivity index (χ4v) is 1.87. The minimum absolute atomic E-state index is 0.0631. The summed E-state index contributed by atoms with van der Waals surface area (Å²) in [6.45, 7) is 9.80. The van der Waals surface area contributed by atoms with E-state index in [-0.39, 0.29) is 5.91 Å². The predicted molar refractivity (Wildman–Crippen MR) is 74.5 cm³/mol. The average Bonchev–Trinajstić information content (AvgIpc) is 2.36. The van der Waals surface area contributed by atoms with Crippen LogP contribution in [-0.4, -0.2) is 28.9 Å². The van der Waals surface area contributed by atoms with Gasteiger partial charge in [-0.1, -0.05) is 27.7 Å². The Morgan fingerprint density at radius 3 is 2.21 bits per heavy atom. The molecule has 0 aliphatic heterocycles. The summed E-state index contributed by atoms with van der Waals surface area (Å²) in [7, 11) is 0. The Balaban J connectivity index is 2.88.